The van der Waals surface area contributed by atoms with E-state index in [2.05, 4.69) is 10.0 Å². The van der Waals surface area contributed by atoms with E-state index in [-0.39, 0.29) is 5.69 Å². The first-order valence-electron chi connectivity index (χ1n) is 5.56. The Morgan fingerprint density at radius 1 is 1.37 bits per heavy atom. The second-order valence-electron chi connectivity index (χ2n) is 4.92. The average Bonchev–Trinajstić information content (AvgIpc) is 2.24. The third kappa shape index (κ3) is 5.66. The van der Waals surface area contributed by atoms with Crippen molar-refractivity contribution in [2.75, 3.05) is 18.1 Å². The summed E-state index contributed by atoms with van der Waals surface area (Å²) in [7, 11) is -3.31. The van der Waals surface area contributed by atoms with Gasteiger partial charge in [-0.3, -0.25) is 10.1 Å². The molecule has 0 saturated heterocycles. The number of sulfonamides is 1. The molecule has 2 N–H and O–H groups in total. The predicted molar refractivity (Wildman–Crippen MR) is 73.6 cm³/mol. The van der Waals surface area contributed by atoms with Crippen molar-refractivity contribution in [1.29, 1.82) is 0 Å². The molecule has 0 aliphatic heterocycles. The monoisotopic (exact) mass is 287 g/mol. The highest BCUT2D eigenvalue weighted by atomic mass is 32.2. The van der Waals surface area contributed by atoms with Crippen molar-refractivity contribution in [3.63, 3.8) is 0 Å². The van der Waals surface area contributed by atoms with Gasteiger partial charge in [0.25, 0.3) is 5.69 Å². The van der Waals surface area contributed by atoms with Gasteiger partial charge in [0.2, 0.25) is 10.0 Å². The highest BCUT2D eigenvalue weighted by Gasteiger charge is 2.21. The number of non-ortho nitro benzene ring substituents is 1. The van der Waals surface area contributed by atoms with Crippen LogP contribution in [0.15, 0.2) is 24.3 Å². The minimum atomic E-state index is -3.31. The van der Waals surface area contributed by atoms with Gasteiger partial charge in [-0.25, -0.2) is 13.1 Å². The summed E-state index contributed by atoms with van der Waals surface area (Å²) in [4.78, 5) is 10.1. The number of hydrogen-bond acceptors (Lipinski definition) is 5. The Morgan fingerprint density at radius 3 is 2.53 bits per heavy atom. The molecule has 0 heterocycles. The maximum absolute atomic E-state index is 11.2. The van der Waals surface area contributed by atoms with Crippen LogP contribution in [0.4, 0.5) is 11.4 Å². The Morgan fingerprint density at radius 2 is 2.00 bits per heavy atom. The quantitative estimate of drug-likeness (QED) is 0.607. The Bertz CT molecular complexity index is 569. The number of anilines is 1. The number of benzene rings is 1. The maximum atomic E-state index is 11.2. The van der Waals surface area contributed by atoms with Gasteiger partial charge in [0, 0.05) is 29.9 Å². The largest absolute Gasteiger partial charge is 0.383 e. The minimum absolute atomic E-state index is 0.0149. The van der Waals surface area contributed by atoms with Crippen LogP contribution in [0.2, 0.25) is 0 Å². The highest BCUT2D eigenvalue weighted by molar-refractivity contribution is 7.88. The first-order valence-corrected chi connectivity index (χ1v) is 7.45. The molecule has 1 rings (SSSR count). The van der Waals surface area contributed by atoms with Gasteiger partial charge < -0.3 is 5.32 Å². The summed E-state index contributed by atoms with van der Waals surface area (Å²) < 4.78 is 24.8. The fourth-order valence-corrected chi connectivity index (χ4v) is 2.67. The van der Waals surface area contributed by atoms with Crippen molar-refractivity contribution in [3.05, 3.63) is 34.4 Å². The van der Waals surface area contributed by atoms with Crippen LogP contribution < -0.4 is 10.0 Å². The molecule has 0 saturated carbocycles. The van der Waals surface area contributed by atoms with Gasteiger partial charge in [0.15, 0.2) is 0 Å². The van der Waals surface area contributed by atoms with E-state index in [1.165, 1.54) is 12.1 Å². The summed E-state index contributed by atoms with van der Waals surface area (Å²) in [6.45, 7) is 3.75. The third-order valence-electron chi connectivity index (χ3n) is 2.25. The van der Waals surface area contributed by atoms with E-state index in [9.17, 15) is 18.5 Å². The molecule has 0 fully saturated rings. The molecule has 19 heavy (non-hydrogen) atoms. The second kappa shape index (κ2) is 5.54. The number of nitrogens with zero attached hydrogens (tertiary/aromatic N) is 1. The lowest BCUT2D eigenvalue weighted by Gasteiger charge is -2.25. The molecule has 106 valence electrons. The van der Waals surface area contributed by atoms with Crippen molar-refractivity contribution in [2.45, 2.75) is 19.4 Å². The van der Waals surface area contributed by atoms with Gasteiger partial charge in [-0.05, 0) is 19.9 Å². The SMILES string of the molecule is CC(C)(CNc1cccc([N+](=O)[O-])c1)NS(C)(=O)=O. The van der Waals surface area contributed by atoms with Crippen molar-refractivity contribution >= 4 is 21.4 Å². The molecule has 8 heteroatoms. The first-order chi connectivity index (χ1) is 8.59. The van der Waals surface area contributed by atoms with E-state index in [4.69, 9.17) is 0 Å². The molecule has 7 nitrogen and oxygen atoms in total. The zero-order chi connectivity index (χ0) is 14.7. The average molecular weight is 287 g/mol. The summed E-state index contributed by atoms with van der Waals surface area (Å²) in [6.07, 6.45) is 1.09. The van der Waals surface area contributed by atoms with Crippen molar-refractivity contribution < 1.29 is 13.3 Å². The summed E-state index contributed by atoms with van der Waals surface area (Å²) in [5.41, 5.74) is -0.144. The molecule has 0 radical (unpaired) electrons. The molecule has 0 atom stereocenters. The first kappa shape index (κ1) is 15.4. The molecule has 1 aromatic carbocycles. The molecular formula is C11H17N3O4S. The fourth-order valence-electron chi connectivity index (χ4n) is 1.59. The number of rotatable bonds is 6. The zero-order valence-corrected chi connectivity index (χ0v) is 11.8. The smallest absolute Gasteiger partial charge is 0.271 e. The van der Waals surface area contributed by atoms with Gasteiger partial charge in [-0.2, -0.15) is 0 Å². The molecule has 0 bridgehead atoms. The van der Waals surface area contributed by atoms with E-state index in [1.54, 1.807) is 26.0 Å². The summed E-state index contributed by atoms with van der Waals surface area (Å²) in [5.74, 6) is 0. The van der Waals surface area contributed by atoms with E-state index in [0.717, 1.165) is 6.26 Å². The third-order valence-corrected chi connectivity index (χ3v) is 3.18. The van der Waals surface area contributed by atoms with Crippen LogP contribution >= 0.6 is 0 Å². The number of hydrogen-bond donors (Lipinski definition) is 2. The summed E-state index contributed by atoms with van der Waals surface area (Å²) >= 11 is 0. The molecule has 0 aliphatic carbocycles. The molecule has 1 aromatic rings. The van der Waals surface area contributed by atoms with Gasteiger partial charge in [0.1, 0.15) is 0 Å². The van der Waals surface area contributed by atoms with Crippen LogP contribution in [0.25, 0.3) is 0 Å². The van der Waals surface area contributed by atoms with Gasteiger partial charge >= 0.3 is 0 Å². The summed E-state index contributed by atoms with van der Waals surface area (Å²) in [5, 5.41) is 13.6. The standard InChI is InChI=1S/C11H17N3O4S/c1-11(2,13-19(3,17)18)8-12-9-5-4-6-10(7-9)14(15)16/h4-7,12-13H,8H2,1-3H3. The van der Waals surface area contributed by atoms with Gasteiger partial charge in [0.05, 0.1) is 11.2 Å². The van der Waals surface area contributed by atoms with Crippen LogP contribution in [0, 0.1) is 10.1 Å². The van der Waals surface area contributed by atoms with Gasteiger partial charge in [-0.15, -0.1) is 0 Å². The van der Waals surface area contributed by atoms with E-state index in [1.807, 2.05) is 0 Å². The Balaban J connectivity index is 2.71. The molecule has 0 aromatic heterocycles. The van der Waals surface area contributed by atoms with Crippen LogP contribution in [0.3, 0.4) is 0 Å². The number of nitro benzene ring substituents is 1. The molecule has 0 amide bonds. The van der Waals surface area contributed by atoms with Crippen molar-refractivity contribution in [2.24, 2.45) is 0 Å². The summed E-state index contributed by atoms with van der Waals surface area (Å²) in [6, 6.07) is 6.04. The maximum Gasteiger partial charge on any atom is 0.271 e. The molecule has 0 aliphatic rings. The van der Waals surface area contributed by atoms with Crippen molar-refractivity contribution in [1.82, 2.24) is 4.72 Å². The van der Waals surface area contributed by atoms with E-state index < -0.39 is 20.5 Å². The zero-order valence-electron chi connectivity index (χ0n) is 11.0. The van der Waals surface area contributed by atoms with Gasteiger partial charge in [-0.1, -0.05) is 6.07 Å². The fraction of sp³-hybridized carbons (Fsp3) is 0.455. The molecule has 0 spiro atoms. The number of nitrogens with one attached hydrogen (secondary N) is 2. The predicted octanol–water partition coefficient (Wildman–Crippen LogP) is 1.33. The lowest BCUT2D eigenvalue weighted by Crippen LogP contribution is -2.47. The second-order valence-corrected chi connectivity index (χ2v) is 6.67. The van der Waals surface area contributed by atoms with E-state index >= 15 is 0 Å². The van der Waals surface area contributed by atoms with Crippen LogP contribution in [0.1, 0.15) is 13.8 Å². The minimum Gasteiger partial charge on any atom is -0.383 e. The number of nitro groups is 1. The van der Waals surface area contributed by atoms with Crippen LogP contribution in [-0.2, 0) is 10.0 Å². The highest BCUT2D eigenvalue weighted by Crippen LogP contribution is 2.17. The Labute approximate surface area is 112 Å². The Hall–Kier alpha value is -1.67. The molecular weight excluding hydrogens is 270 g/mol. The lowest BCUT2D eigenvalue weighted by molar-refractivity contribution is -0.384. The Kier molecular flexibility index (Phi) is 4.48. The van der Waals surface area contributed by atoms with Crippen LogP contribution in [0.5, 0.6) is 0 Å². The normalized spacial score (nSPS) is 12.2. The van der Waals surface area contributed by atoms with E-state index in [0.29, 0.717) is 12.2 Å². The lowest BCUT2D eigenvalue weighted by atomic mass is 10.1. The topological polar surface area (TPSA) is 101 Å². The molecule has 0 unspecified atom stereocenters. The van der Waals surface area contributed by atoms with Crippen LogP contribution in [-0.4, -0.2) is 31.7 Å². The van der Waals surface area contributed by atoms with Crippen molar-refractivity contribution in [3.8, 4) is 0 Å².